The molecule has 5 atom stereocenters. The van der Waals surface area contributed by atoms with E-state index in [1.54, 1.807) is 12.1 Å². The van der Waals surface area contributed by atoms with Gasteiger partial charge in [-0.3, -0.25) is 28.7 Å². The molecular weight excluding hydrogens is 1040 g/mol. The van der Waals surface area contributed by atoms with Gasteiger partial charge in [0.05, 0.1) is 30.0 Å². The molecule has 2 aromatic carbocycles. The number of ether oxygens (including phenoxy) is 2. The predicted octanol–water partition coefficient (Wildman–Crippen LogP) is 6.97. The van der Waals surface area contributed by atoms with Crippen LogP contribution in [0.15, 0.2) is 63.0 Å². The number of nitrogens with two attached hydrogens (primary N) is 1. The van der Waals surface area contributed by atoms with Crippen molar-refractivity contribution in [1.29, 1.82) is 0 Å². The number of H-pyrrole nitrogens is 1. The second kappa shape index (κ2) is 22.0. The van der Waals surface area contributed by atoms with E-state index >= 15 is 0 Å². The number of aromatic carboxylic acids is 1. The summed E-state index contributed by atoms with van der Waals surface area (Å²) in [6, 6.07) is 12.4. The van der Waals surface area contributed by atoms with E-state index in [9.17, 15) is 43.0 Å². The zero-order valence-corrected chi connectivity index (χ0v) is 43.8. The Morgan fingerprint density at radius 2 is 1.78 bits per heavy atom. The van der Waals surface area contributed by atoms with Crippen molar-refractivity contribution < 1.29 is 75.0 Å². The molecule has 3 unspecified atom stereocenters. The molecule has 24 nitrogen and oxygen atoms in total. The molecule has 3 aliphatic rings. The van der Waals surface area contributed by atoms with E-state index in [4.69, 9.17) is 33.9 Å². The largest absolute Gasteiger partial charge is 0.490 e. The van der Waals surface area contributed by atoms with Crippen LogP contribution in [0.4, 0.5) is 5.95 Å². The van der Waals surface area contributed by atoms with Gasteiger partial charge in [0.1, 0.15) is 29.6 Å². The van der Waals surface area contributed by atoms with E-state index in [0.29, 0.717) is 34.6 Å². The summed E-state index contributed by atoms with van der Waals surface area (Å²) in [7, 11) is -14.4. The number of hydrogen-bond donors (Lipinski definition) is 8. The zero-order valence-electron chi connectivity index (χ0n) is 39.5. The lowest BCUT2D eigenvalue weighted by molar-refractivity contribution is -0.0522. The minimum absolute atomic E-state index is 0.00734. The predicted molar refractivity (Wildman–Crippen MR) is 267 cm³/mol. The van der Waals surface area contributed by atoms with Gasteiger partial charge in [0.15, 0.2) is 11.2 Å². The lowest BCUT2D eigenvalue weighted by Crippen LogP contribution is -2.36. The molecule has 388 valence electrons. The van der Waals surface area contributed by atoms with Gasteiger partial charge in [-0.05, 0) is 93.6 Å². The summed E-state index contributed by atoms with van der Waals surface area (Å²) in [5.74, 6) is -1.47. The number of aromatic nitrogens is 4. The maximum Gasteiger partial charge on any atom is 0.490 e. The number of phosphoric acid groups is 3. The van der Waals surface area contributed by atoms with Gasteiger partial charge in [-0.25, -0.2) is 23.5 Å². The van der Waals surface area contributed by atoms with Gasteiger partial charge in [-0.2, -0.15) is 13.6 Å². The van der Waals surface area contributed by atoms with Crippen molar-refractivity contribution in [3.05, 3.63) is 92.3 Å². The average molecular weight is 1100 g/mol. The Kier molecular flexibility index (Phi) is 16.8. The third-order valence-electron chi connectivity index (χ3n) is 11.2. The standard InChI is InChI=1S/C43H52N7O17P3S2/c1-7-9-24-15-31-28(12-22(24)3)36(29-13-23(4)30(45-8-2)16-32(29)64-31)26-11-10-25(14-27(26)41(53)54)39(51)46-19-43(5,6)72-71-21-62-33-17-35(50-20-47-37-38(50)48-42(44)49-40(37)52)65-34(33)18-63-69(58,59)67-70(60,61)66-68(55,56)57/h10-16,20,33-35H,7-9,17-19,21H2,1-6H3,(H,46,51)(H,53,54)(H,58,59)(H,60,61)(H2,55,56,57)(H3,44,48,49,52)/t33?,34-,35-/m1/s1. The highest BCUT2D eigenvalue weighted by Crippen LogP contribution is 2.66. The molecule has 72 heavy (non-hydrogen) atoms. The lowest BCUT2D eigenvalue weighted by Gasteiger charge is -2.25. The molecule has 1 aliphatic carbocycles. The molecule has 0 radical (unpaired) electrons. The van der Waals surface area contributed by atoms with Crippen molar-refractivity contribution in [2.45, 2.75) is 84.0 Å². The maximum absolute atomic E-state index is 13.7. The molecule has 4 heterocycles. The molecule has 2 aliphatic heterocycles. The molecular formula is C43H52N7O17P3S2. The van der Waals surface area contributed by atoms with Crippen LogP contribution in [0.5, 0.6) is 0 Å². The first-order chi connectivity index (χ1) is 33.8. The Morgan fingerprint density at radius 3 is 2.47 bits per heavy atom. The number of benzene rings is 3. The van der Waals surface area contributed by atoms with Crippen molar-refractivity contribution in [3.63, 3.8) is 0 Å². The number of aromatic amines is 1. The number of imidazole rings is 1. The monoisotopic (exact) mass is 1100 g/mol. The van der Waals surface area contributed by atoms with Crippen LogP contribution in [0.25, 0.3) is 44.6 Å². The Balaban J connectivity index is 1.04. The number of carbonyl (C=O) groups excluding carboxylic acids is 1. The third kappa shape index (κ3) is 13.1. The Labute approximate surface area is 418 Å². The first kappa shape index (κ1) is 55.0. The normalized spacial score (nSPS) is 18.5. The van der Waals surface area contributed by atoms with Gasteiger partial charge >= 0.3 is 29.4 Å². The number of carbonyl (C=O) groups is 2. The van der Waals surface area contributed by atoms with E-state index in [0.717, 1.165) is 40.3 Å². The molecule has 9 N–H and O–H groups in total. The number of carboxylic acid groups (broad SMARTS) is 1. The molecule has 0 saturated carbocycles. The number of nitrogens with zero attached hydrogens (tertiary/aromatic N) is 4. The van der Waals surface area contributed by atoms with Crippen LogP contribution in [0.2, 0.25) is 0 Å². The summed E-state index contributed by atoms with van der Waals surface area (Å²) in [6.45, 7) is 11.5. The van der Waals surface area contributed by atoms with Crippen LogP contribution in [-0.4, -0.2) is 98.7 Å². The van der Waals surface area contributed by atoms with Crippen molar-refractivity contribution >= 4 is 85.0 Å². The fourth-order valence-corrected chi connectivity index (χ4v) is 13.2. The molecule has 0 spiro atoms. The topological polar surface area (TPSA) is 360 Å². The first-order valence-corrected chi connectivity index (χ1v) is 28.9. The summed E-state index contributed by atoms with van der Waals surface area (Å²) in [4.78, 5) is 91.9. The van der Waals surface area contributed by atoms with Gasteiger partial charge in [0.2, 0.25) is 5.95 Å². The van der Waals surface area contributed by atoms with Gasteiger partial charge in [-0.15, -0.1) is 0 Å². The number of rotatable bonds is 21. The number of anilines is 1. The quantitative estimate of drug-likeness (QED) is 0.0118. The molecule has 29 heteroatoms. The highest BCUT2D eigenvalue weighted by molar-refractivity contribution is 8.77. The number of nitrogens with one attached hydrogen (secondary N) is 2. The van der Waals surface area contributed by atoms with Crippen LogP contribution in [0.3, 0.4) is 0 Å². The van der Waals surface area contributed by atoms with Gasteiger partial charge in [0.25, 0.3) is 11.5 Å². The minimum atomic E-state index is -5.81. The number of carboxylic acids is 1. The second-order valence-corrected chi connectivity index (χ2v) is 24.5. The fourth-order valence-electron chi connectivity index (χ4n) is 8.03. The number of fused-ring (bicyclic) bond motifs is 3. The highest BCUT2D eigenvalue weighted by atomic mass is 33.1. The van der Waals surface area contributed by atoms with E-state index in [1.165, 1.54) is 38.5 Å². The van der Waals surface area contributed by atoms with E-state index in [-0.39, 0.29) is 47.1 Å². The molecule has 4 aromatic rings. The molecule has 0 bridgehead atoms. The summed E-state index contributed by atoms with van der Waals surface area (Å²) in [5, 5.41) is 15.0. The van der Waals surface area contributed by atoms with E-state index in [1.807, 2.05) is 58.9 Å². The molecule has 2 aromatic heterocycles. The fraction of sp³-hybridized carbons (Fsp3) is 0.395. The number of nitrogen functional groups attached to an aromatic ring is 1. The summed E-state index contributed by atoms with van der Waals surface area (Å²) < 4.78 is 67.5. The minimum Gasteiger partial charge on any atom is -0.478 e. The molecule has 1 amide bonds. The molecule has 1 fully saturated rings. The maximum atomic E-state index is 13.7. The van der Waals surface area contributed by atoms with Crippen LogP contribution >= 0.6 is 45.1 Å². The third-order valence-corrected chi connectivity index (χ3v) is 17.9. The number of amides is 1. The average Bonchev–Trinajstić information content (AvgIpc) is 3.89. The van der Waals surface area contributed by atoms with Gasteiger partial charge in [-0.1, -0.05) is 41.0 Å². The van der Waals surface area contributed by atoms with Crippen LogP contribution in [0, 0.1) is 13.8 Å². The van der Waals surface area contributed by atoms with Crippen molar-refractivity contribution in [2.24, 2.45) is 4.99 Å². The van der Waals surface area contributed by atoms with Crippen molar-refractivity contribution in [2.75, 3.05) is 31.4 Å². The van der Waals surface area contributed by atoms with Crippen LogP contribution in [-0.2, 0) is 42.7 Å². The molecule has 7 rings (SSSR count). The SMILES string of the molecule is CCCc1cc2oc3cc(=NCC)c(C)cc-3c(-c3ccc(C(=O)NCC(C)(C)SSCOC4C[C@H](n5cnc6c(=O)[nH]c(N)nc65)O[C@@H]4COP(=O)(O)OP(=O)(O)OP(=O)(O)O)cc3C(=O)O)c2cc1C. The van der Waals surface area contributed by atoms with Crippen molar-refractivity contribution in [1.82, 2.24) is 24.8 Å². The Hall–Kier alpha value is -4.75. The highest BCUT2D eigenvalue weighted by Gasteiger charge is 2.44. The van der Waals surface area contributed by atoms with E-state index in [2.05, 4.69) is 40.8 Å². The Morgan fingerprint density at radius 1 is 1.03 bits per heavy atom. The zero-order chi connectivity index (χ0) is 52.5. The van der Waals surface area contributed by atoms with Crippen LogP contribution < -0.4 is 22.0 Å². The summed E-state index contributed by atoms with van der Waals surface area (Å²) in [6.07, 6.45) is -0.115. The summed E-state index contributed by atoms with van der Waals surface area (Å²) in [5.41, 5.74) is 10.5. The molecule has 1 saturated heterocycles. The number of aryl methyl sites for hydroxylation is 3. The lowest BCUT2D eigenvalue weighted by atomic mass is 9.88. The van der Waals surface area contributed by atoms with Gasteiger partial charge in [0, 0.05) is 52.4 Å². The Bertz CT molecular complexity index is 3310. The van der Waals surface area contributed by atoms with Crippen molar-refractivity contribution in [3.8, 4) is 22.5 Å². The first-order valence-electron chi connectivity index (χ1n) is 22.0. The van der Waals surface area contributed by atoms with Gasteiger partial charge < -0.3 is 49.6 Å². The van der Waals surface area contributed by atoms with Crippen LogP contribution in [0.1, 0.15) is 84.2 Å². The smallest absolute Gasteiger partial charge is 0.478 e. The number of hydrogen-bond acceptors (Lipinski definition) is 18. The number of phosphoric ester groups is 1. The second-order valence-electron chi connectivity index (χ2n) is 17.2. The van der Waals surface area contributed by atoms with E-state index < -0.39 is 70.7 Å². The summed E-state index contributed by atoms with van der Waals surface area (Å²) >= 11 is 0.